The maximum Gasteiger partial charge on any atom is 0.126 e. The van der Waals surface area contributed by atoms with Crippen LogP contribution in [0.15, 0.2) is 47.6 Å². The second-order valence-corrected chi connectivity index (χ2v) is 9.41. The molecule has 2 heteroatoms. The van der Waals surface area contributed by atoms with E-state index in [1.165, 1.54) is 30.4 Å². The van der Waals surface area contributed by atoms with Crippen LogP contribution < -0.4 is 4.74 Å². The lowest BCUT2D eigenvalue weighted by atomic mass is 9.90. The number of allylic oxidation sites excluding steroid dienone is 5. The van der Waals surface area contributed by atoms with E-state index in [4.69, 9.17) is 4.74 Å². The summed E-state index contributed by atoms with van der Waals surface area (Å²) in [6.07, 6.45) is 16.9. The van der Waals surface area contributed by atoms with Crippen molar-refractivity contribution in [3.8, 4) is 11.5 Å². The fourth-order valence-electron chi connectivity index (χ4n) is 3.88. The number of fused-ring (bicyclic) bond motifs is 1. The Bertz CT molecular complexity index is 767. The molecule has 29 heavy (non-hydrogen) atoms. The molecule has 0 fully saturated rings. The van der Waals surface area contributed by atoms with E-state index in [0.29, 0.717) is 5.75 Å². The van der Waals surface area contributed by atoms with E-state index in [9.17, 15) is 5.11 Å². The number of hydrogen-bond acceptors (Lipinski definition) is 2. The van der Waals surface area contributed by atoms with Crippen LogP contribution in [0.25, 0.3) is 0 Å². The van der Waals surface area contributed by atoms with Crippen LogP contribution in [0, 0.1) is 12.8 Å². The topological polar surface area (TPSA) is 29.5 Å². The summed E-state index contributed by atoms with van der Waals surface area (Å²) >= 11 is 0. The first-order valence-corrected chi connectivity index (χ1v) is 11.2. The summed E-state index contributed by atoms with van der Waals surface area (Å²) in [5.74, 6) is 2.06. The highest BCUT2D eigenvalue weighted by Crippen LogP contribution is 2.38. The molecule has 0 saturated heterocycles. The van der Waals surface area contributed by atoms with Crippen molar-refractivity contribution in [2.75, 3.05) is 0 Å². The second-order valence-electron chi connectivity index (χ2n) is 9.41. The van der Waals surface area contributed by atoms with E-state index in [0.717, 1.165) is 48.5 Å². The van der Waals surface area contributed by atoms with Gasteiger partial charge in [-0.3, -0.25) is 0 Å². The van der Waals surface area contributed by atoms with E-state index in [1.807, 2.05) is 13.0 Å². The quantitative estimate of drug-likeness (QED) is 0.340. The minimum absolute atomic E-state index is 0.293. The van der Waals surface area contributed by atoms with Gasteiger partial charge in [0.25, 0.3) is 0 Å². The van der Waals surface area contributed by atoms with Gasteiger partial charge < -0.3 is 9.84 Å². The van der Waals surface area contributed by atoms with Crippen molar-refractivity contribution >= 4 is 0 Å². The van der Waals surface area contributed by atoms with Crippen LogP contribution in [0.1, 0.15) is 84.3 Å². The van der Waals surface area contributed by atoms with Crippen molar-refractivity contribution in [2.45, 2.75) is 92.1 Å². The summed E-state index contributed by atoms with van der Waals surface area (Å²) < 4.78 is 6.32. The Kier molecular flexibility index (Phi) is 8.61. The fourth-order valence-corrected chi connectivity index (χ4v) is 3.88. The van der Waals surface area contributed by atoms with Gasteiger partial charge in [0.15, 0.2) is 0 Å². The van der Waals surface area contributed by atoms with Crippen LogP contribution in [0.5, 0.6) is 11.5 Å². The highest BCUT2D eigenvalue weighted by atomic mass is 16.5. The number of phenolic OH excluding ortho intramolecular Hbond substituents is 1. The van der Waals surface area contributed by atoms with E-state index in [-0.39, 0.29) is 5.60 Å². The van der Waals surface area contributed by atoms with Gasteiger partial charge in [0.1, 0.15) is 17.1 Å². The molecule has 0 amide bonds. The molecule has 0 aromatic heterocycles. The van der Waals surface area contributed by atoms with Gasteiger partial charge in [-0.1, -0.05) is 49.6 Å². The second kappa shape index (κ2) is 10.7. The number of phenols is 1. The maximum absolute atomic E-state index is 9.79. The third kappa shape index (κ3) is 7.76. The van der Waals surface area contributed by atoms with Gasteiger partial charge in [0, 0.05) is 0 Å². The Morgan fingerprint density at radius 3 is 2.69 bits per heavy atom. The minimum Gasteiger partial charge on any atom is -0.508 e. The number of ether oxygens (including phenoxy) is 1. The molecule has 0 radical (unpaired) electrons. The highest BCUT2D eigenvalue weighted by Gasteiger charge is 2.30. The molecular formula is C27H40O2. The SMILES string of the molecule is C/C(=C\C=C[C@@]1(C)CCc2cc(O)cc(C)c2O1)CC/C=C(\C)CCCC(C)C. The molecule has 1 heterocycles. The van der Waals surface area contributed by atoms with Gasteiger partial charge in [-0.2, -0.15) is 0 Å². The van der Waals surface area contributed by atoms with Crippen molar-refractivity contribution in [2.24, 2.45) is 5.92 Å². The first-order chi connectivity index (χ1) is 13.7. The van der Waals surface area contributed by atoms with E-state index in [2.05, 4.69) is 58.9 Å². The van der Waals surface area contributed by atoms with Crippen LogP contribution in [0.3, 0.4) is 0 Å². The molecule has 0 bridgehead atoms. The van der Waals surface area contributed by atoms with E-state index < -0.39 is 0 Å². The van der Waals surface area contributed by atoms with Crippen molar-refractivity contribution < 1.29 is 9.84 Å². The lowest BCUT2D eigenvalue weighted by molar-refractivity contribution is 0.113. The number of rotatable bonds is 9. The normalized spacial score (nSPS) is 20.2. The van der Waals surface area contributed by atoms with Crippen molar-refractivity contribution in [1.29, 1.82) is 0 Å². The summed E-state index contributed by atoms with van der Waals surface area (Å²) in [6.45, 7) is 13.2. The van der Waals surface area contributed by atoms with Gasteiger partial charge in [-0.05, 0) is 101 Å². The molecule has 2 rings (SSSR count). The first kappa shape index (κ1) is 23.3. The average molecular weight is 397 g/mol. The predicted molar refractivity (Wildman–Crippen MR) is 125 cm³/mol. The van der Waals surface area contributed by atoms with Gasteiger partial charge >= 0.3 is 0 Å². The molecule has 160 valence electrons. The number of aromatic hydroxyl groups is 1. The van der Waals surface area contributed by atoms with Crippen LogP contribution in [-0.4, -0.2) is 10.7 Å². The Balaban J connectivity index is 1.85. The molecular weight excluding hydrogens is 356 g/mol. The van der Waals surface area contributed by atoms with Crippen LogP contribution >= 0.6 is 0 Å². The highest BCUT2D eigenvalue weighted by molar-refractivity contribution is 5.48. The Labute approximate surface area is 178 Å². The minimum atomic E-state index is -0.293. The Morgan fingerprint density at radius 1 is 1.21 bits per heavy atom. The lowest BCUT2D eigenvalue weighted by Crippen LogP contribution is -2.34. The van der Waals surface area contributed by atoms with Crippen LogP contribution in [-0.2, 0) is 6.42 Å². The zero-order valence-corrected chi connectivity index (χ0v) is 19.3. The molecule has 2 nitrogen and oxygen atoms in total. The van der Waals surface area contributed by atoms with Crippen LogP contribution in [0.4, 0.5) is 0 Å². The maximum atomic E-state index is 9.79. The Morgan fingerprint density at radius 2 is 1.97 bits per heavy atom. The molecule has 1 aromatic rings. The molecule has 1 atom stereocenters. The molecule has 1 aliphatic rings. The largest absolute Gasteiger partial charge is 0.508 e. The first-order valence-electron chi connectivity index (χ1n) is 11.2. The summed E-state index contributed by atoms with van der Waals surface area (Å²) in [5.41, 5.74) is 4.74. The number of aryl methyl sites for hydroxylation is 2. The number of benzene rings is 1. The van der Waals surface area contributed by atoms with Crippen molar-refractivity contribution in [1.82, 2.24) is 0 Å². The molecule has 1 aromatic carbocycles. The molecule has 0 spiro atoms. The monoisotopic (exact) mass is 396 g/mol. The van der Waals surface area contributed by atoms with E-state index >= 15 is 0 Å². The zero-order chi connectivity index (χ0) is 21.4. The van der Waals surface area contributed by atoms with Gasteiger partial charge in [0.2, 0.25) is 0 Å². The molecule has 0 unspecified atom stereocenters. The lowest BCUT2D eigenvalue weighted by Gasteiger charge is -2.34. The summed E-state index contributed by atoms with van der Waals surface area (Å²) in [7, 11) is 0. The summed E-state index contributed by atoms with van der Waals surface area (Å²) in [6, 6.07) is 3.60. The fraction of sp³-hybridized carbons (Fsp3) is 0.556. The molecule has 0 saturated carbocycles. The van der Waals surface area contributed by atoms with Gasteiger partial charge in [-0.15, -0.1) is 0 Å². The number of hydrogen-bond donors (Lipinski definition) is 1. The summed E-state index contributed by atoms with van der Waals surface area (Å²) in [4.78, 5) is 0. The third-order valence-electron chi connectivity index (χ3n) is 5.78. The van der Waals surface area contributed by atoms with Crippen LogP contribution in [0.2, 0.25) is 0 Å². The summed E-state index contributed by atoms with van der Waals surface area (Å²) in [5, 5.41) is 9.79. The van der Waals surface area contributed by atoms with Gasteiger partial charge in [0.05, 0.1) is 0 Å². The van der Waals surface area contributed by atoms with E-state index in [1.54, 1.807) is 6.07 Å². The van der Waals surface area contributed by atoms with Gasteiger partial charge in [-0.25, -0.2) is 0 Å². The molecule has 1 aliphatic heterocycles. The van der Waals surface area contributed by atoms with Crippen molar-refractivity contribution in [3.05, 3.63) is 58.7 Å². The Hall–Kier alpha value is -1.96. The predicted octanol–water partition coefficient (Wildman–Crippen LogP) is 7.84. The standard InChI is InChI=1S/C27H40O2/c1-20(2)10-7-11-21(3)12-8-13-22(4)14-9-16-27(6)17-15-24-19-25(28)18-23(5)26(24)29-27/h9,12,14,16,18-20,28H,7-8,10-11,13,15,17H2,1-6H3/b16-9?,21-12+,22-14+/t27-/m0/s1. The molecule has 1 N–H and O–H groups in total. The zero-order valence-electron chi connectivity index (χ0n) is 19.3. The molecule has 0 aliphatic carbocycles. The third-order valence-corrected chi connectivity index (χ3v) is 5.78. The smallest absolute Gasteiger partial charge is 0.126 e. The average Bonchev–Trinajstić information content (AvgIpc) is 2.62. The van der Waals surface area contributed by atoms with Crippen molar-refractivity contribution in [3.63, 3.8) is 0 Å².